The second kappa shape index (κ2) is 6.36. The van der Waals surface area contributed by atoms with Crippen molar-refractivity contribution in [2.45, 2.75) is 45.2 Å². The van der Waals surface area contributed by atoms with Crippen molar-refractivity contribution < 1.29 is 9.59 Å². The molecule has 0 aromatic carbocycles. The first-order valence-electron chi connectivity index (χ1n) is 7.97. The van der Waals surface area contributed by atoms with Crippen molar-refractivity contribution in [2.75, 3.05) is 6.54 Å². The smallest absolute Gasteiger partial charge is 0.253 e. The van der Waals surface area contributed by atoms with E-state index in [4.69, 9.17) is 0 Å². The van der Waals surface area contributed by atoms with E-state index in [1.807, 2.05) is 18.4 Å². The number of fused-ring (bicyclic) bond motifs is 1. The number of carbonyl (C=O) groups is 2. The summed E-state index contributed by atoms with van der Waals surface area (Å²) in [5, 5.41) is 5.61. The van der Waals surface area contributed by atoms with Crippen LogP contribution in [-0.2, 0) is 4.79 Å². The maximum atomic E-state index is 12.4. The number of nitrogens with one attached hydrogen (secondary N) is 2. The fraction of sp³-hybridized carbons (Fsp3) is 0.500. The van der Waals surface area contributed by atoms with Gasteiger partial charge in [0.25, 0.3) is 5.91 Å². The summed E-state index contributed by atoms with van der Waals surface area (Å²) in [4.78, 5) is 33.0. The lowest BCUT2D eigenvalue weighted by Crippen LogP contribution is -2.45. The molecule has 7 nitrogen and oxygen atoms in total. The van der Waals surface area contributed by atoms with Gasteiger partial charge in [0.2, 0.25) is 5.91 Å². The van der Waals surface area contributed by atoms with Crippen molar-refractivity contribution in [1.29, 1.82) is 0 Å². The summed E-state index contributed by atoms with van der Waals surface area (Å²) < 4.78 is 1.95. The number of nitrogens with zero attached hydrogens (tertiary/aromatic N) is 3. The van der Waals surface area contributed by atoms with E-state index < -0.39 is 6.04 Å². The molecular formula is C16H21N5O2. The monoisotopic (exact) mass is 315 g/mol. The van der Waals surface area contributed by atoms with E-state index in [0.717, 1.165) is 18.5 Å². The van der Waals surface area contributed by atoms with Gasteiger partial charge in [0, 0.05) is 18.8 Å². The first kappa shape index (κ1) is 15.5. The molecule has 0 radical (unpaired) electrons. The van der Waals surface area contributed by atoms with Crippen molar-refractivity contribution in [3.8, 4) is 0 Å². The zero-order chi connectivity index (χ0) is 16.4. The van der Waals surface area contributed by atoms with E-state index >= 15 is 0 Å². The second-order valence-electron chi connectivity index (χ2n) is 6.13. The third kappa shape index (κ3) is 3.18. The summed E-state index contributed by atoms with van der Waals surface area (Å²) in [5.41, 5.74) is 1.85. The Morgan fingerprint density at radius 1 is 1.39 bits per heavy atom. The zero-order valence-corrected chi connectivity index (χ0v) is 13.4. The van der Waals surface area contributed by atoms with Crippen molar-refractivity contribution in [3.05, 3.63) is 24.2 Å². The molecule has 1 atom stereocenters. The van der Waals surface area contributed by atoms with Crippen molar-refractivity contribution >= 4 is 23.0 Å². The topological polar surface area (TPSA) is 88.9 Å². The number of hydrogen-bond donors (Lipinski definition) is 2. The minimum Gasteiger partial charge on any atom is -0.354 e. The predicted octanol–water partition coefficient (Wildman–Crippen LogP) is 1.41. The molecule has 1 aliphatic heterocycles. The van der Waals surface area contributed by atoms with Crippen LogP contribution in [0, 0.1) is 0 Å². The Balaban J connectivity index is 1.79. The maximum Gasteiger partial charge on any atom is 0.253 e. The summed E-state index contributed by atoms with van der Waals surface area (Å²) in [6, 6.07) is 1.49. The molecule has 3 rings (SSSR count). The molecule has 1 unspecified atom stereocenters. The van der Waals surface area contributed by atoms with Crippen LogP contribution in [0.15, 0.2) is 18.6 Å². The minimum atomic E-state index is -0.478. The van der Waals surface area contributed by atoms with E-state index in [0.29, 0.717) is 24.0 Å². The molecule has 1 fully saturated rings. The van der Waals surface area contributed by atoms with Gasteiger partial charge in [-0.05, 0) is 39.2 Å². The number of amides is 2. The molecule has 122 valence electrons. The highest BCUT2D eigenvalue weighted by Crippen LogP contribution is 2.16. The first-order chi connectivity index (χ1) is 11.1. The fourth-order valence-corrected chi connectivity index (χ4v) is 2.74. The van der Waals surface area contributed by atoms with Crippen molar-refractivity contribution in [3.63, 3.8) is 0 Å². The molecule has 0 spiro atoms. The van der Waals surface area contributed by atoms with Gasteiger partial charge in [0.1, 0.15) is 11.6 Å². The normalized spacial score (nSPS) is 18.7. The van der Waals surface area contributed by atoms with E-state index in [-0.39, 0.29) is 17.9 Å². The SMILES string of the molecule is CC(C)n1cnc2cc(C(=O)NC3CCCCNC3=O)cnc21. The Bertz CT molecular complexity index is 737. The summed E-state index contributed by atoms with van der Waals surface area (Å²) in [7, 11) is 0. The van der Waals surface area contributed by atoms with Gasteiger partial charge in [0.15, 0.2) is 5.65 Å². The van der Waals surface area contributed by atoms with Crippen LogP contribution in [-0.4, -0.2) is 38.9 Å². The summed E-state index contributed by atoms with van der Waals surface area (Å²) in [6.45, 7) is 4.77. The molecule has 0 bridgehead atoms. The Morgan fingerprint density at radius 3 is 3.00 bits per heavy atom. The number of pyridine rings is 1. The van der Waals surface area contributed by atoms with Crippen LogP contribution in [0.1, 0.15) is 49.5 Å². The molecule has 0 aliphatic carbocycles. The molecule has 2 aromatic heterocycles. The molecule has 1 aliphatic rings. The summed E-state index contributed by atoms with van der Waals surface area (Å²) >= 11 is 0. The van der Waals surface area contributed by atoms with Crippen LogP contribution in [0.3, 0.4) is 0 Å². The van der Waals surface area contributed by atoms with Crippen LogP contribution in [0.4, 0.5) is 0 Å². The Morgan fingerprint density at radius 2 is 2.22 bits per heavy atom. The number of rotatable bonds is 3. The summed E-state index contributed by atoms with van der Waals surface area (Å²) in [6.07, 6.45) is 5.78. The van der Waals surface area contributed by atoms with Gasteiger partial charge in [-0.2, -0.15) is 0 Å². The third-order valence-corrected chi connectivity index (χ3v) is 4.07. The standard InChI is InChI=1S/C16H21N5O2/c1-10(2)21-9-19-13-7-11(8-18-14(13)21)15(22)20-12-5-3-4-6-17-16(12)23/h7-10,12H,3-6H2,1-2H3,(H,17,23)(H,20,22). The number of imidazole rings is 1. The van der Waals surface area contributed by atoms with Gasteiger partial charge in [-0.1, -0.05) is 0 Å². The third-order valence-electron chi connectivity index (χ3n) is 4.07. The molecule has 3 heterocycles. The highest BCUT2D eigenvalue weighted by molar-refractivity contribution is 5.99. The van der Waals surface area contributed by atoms with Crippen LogP contribution < -0.4 is 10.6 Å². The van der Waals surface area contributed by atoms with Crippen LogP contribution in [0.5, 0.6) is 0 Å². The van der Waals surface area contributed by atoms with Gasteiger partial charge in [-0.15, -0.1) is 0 Å². The average Bonchev–Trinajstić information content (AvgIpc) is 2.86. The van der Waals surface area contributed by atoms with Gasteiger partial charge in [-0.3, -0.25) is 9.59 Å². The molecule has 2 N–H and O–H groups in total. The fourth-order valence-electron chi connectivity index (χ4n) is 2.74. The maximum absolute atomic E-state index is 12.4. The van der Waals surface area contributed by atoms with E-state index in [9.17, 15) is 9.59 Å². The molecule has 0 saturated carbocycles. The van der Waals surface area contributed by atoms with E-state index in [2.05, 4.69) is 20.6 Å². The van der Waals surface area contributed by atoms with Crippen LogP contribution >= 0.6 is 0 Å². The molecule has 2 aromatic rings. The lowest BCUT2D eigenvalue weighted by molar-refractivity contribution is -0.122. The number of hydrogen-bond acceptors (Lipinski definition) is 4. The van der Waals surface area contributed by atoms with Crippen LogP contribution in [0.2, 0.25) is 0 Å². The Kier molecular flexibility index (Phi) is 4.27. The van der Waals surface area contributed by atoms with Gasteiger partial charge in [0.05, 0.1) is 11.9 Å². The zero-order valence-electron chi connectivity index (χ0n) is 13.4. The van der Waals surface area contributed by atoms with E-state index in [1.165, 1.54) is 6.20 Å². The first-order valence-corrected chi connectivity index (χ1v) is 7.97. The van der Waals surface area contributed by atoms with Crippen LogP contribution in [0.25, 0.3) is 11.2 Å². The number of aromatic nitrogens is 3. The van der Waals surface area contributed by atoms with Crippen molar-refractivity contribution in [2.24, 2.45) is 0 Å². The highest BCUT2D eigenvalue weighted by atomic mass is 16.2. The predicted molar refractivity (Wildman–Crippen MR) is 86.0 cm³/mol. The van der Waals surface area contributed by atoms with Gasteiger partial charge in [-0.25, -0.2) is 9.97 Å². The quantitative estimate of drug-likeness (QED) is 0.896. The molecule has 7 heteroatoms. The van der Waals surface area contributed by atoms with Gasteiger partial charge < -0.3 is 15.2 Å². The molecular weight excluding hydrogens is 294 g/mol. The van der Waals surface area contributed by atoms with Crippen molar-refractivity contribution in [1.82, 2.24) is 25.2 Å². The van der Waals surface area contributed by atoms with E-state index in [1.54, 1.807) is 12.4 Å². The average molecular weight is 315 g/mol. The second-order valence-corrected chi connectivity index (χ2v) is 6.13. The molecule has 23 heavy (non-hydrogen) atoms. The van der Waals surface area contributed by atoms with Gasteiger partial charge >= 0.3 is 0 Å². The highest BCUT2D eigenvalue weighted by Gasteiger charge is 2.23. The Labute approximate surface area is 134 Å². The summed E-state index contributed by atoms with van der Waals surface area (Å²) in [5.74, 6) is -0.408. The minimum absolute atomic E-state index is 0.117. The molecule has 1 saturated heterocycles. The lowest BCUT2D eigenvalue weighted by Gasteiger charge is -2.15. The lowest BCUT2D eigenvalue weighted by atomic mass is 10.1. The Hall–Kier alpha value is -2.44. The number of carbonyl (C=O) groups excluding carboxylic acids is 2. The molecule has 2 amide bonds. The largest absolute Gasteiger partial charge is 0.354 e.